The lowest BCUT2D eigenvalue weighted by atomic mass is 10.1. The van der Waals surface area contributed by atoms with Gasteiger partial charge in [-0.15, -0.1) is 0 Å². The van der Waals surface area contributed by atoms with Crippen LogP contribution in [0.4, 0.5) is 0 Å². The SMILES string of the molecule is COCCn1c(C)cc(C(=O)N2CCC(c3nc(C)no3)N(C(C)=O)CC2)c1C. The topological polar surface area (TPSA) is 93.7 Å². The van der Waals surface area contributed by atoms with E-state index < -0.39 is 0 Å². The number of carbonyl (C=O) groups excluding carboxylic acids is 2. The zero-order valence-electron chi connectivity index (χ0n) is 17.8. The van der Waals surface area contributed by atoms with E-state index in [2.05, 4.69) is 14.7 Å². The standard InChI is InChI=1S/C20H29N5O4/c1-13-12-17(14(2)24(13)10-11-28-5)20(27)23-7-6-18(19-21-15(3)22-29-19)25(9-8-23)16(4)26/h12,18H,6-11H2,1-5H3. The molecule has 9 heteroatoms. The van der Waals surface area contributed by atoms with E-state index in [-0.39, 0.29) is 17.9 Å². The predicted molar refractivity (Wildman–Crippen MR) is 105 cm³/mol. The first-order valence-electron chi connectivity index (χ1n) is 9.85. The minimum Gasteiger partial charge on any atom is -0.383 e. The quantitative estimate of drug-likeness (QED) is 0.757. The lowest BCUT2D eigenvalue weighted by molar-refractivity contribution is -0.131. The Bertz CT molecular complexity index is 888. The van der Waals surface area contributed by atoms with Gasteiger partial charge in [-0.05, 0) is 33.3 Å². The maximum Gasteiger partial charge on any atom is 0.255 e. The van der Waals surface area contributed by atoms with Crippen LogP contribution in [0.15, 0.2) is 10.6 Å². The van der Waals surface area contributed by atoms with Crippen molar-refractivity contribution < 1.29 is 18.8 Å². The number of aromatic nitrogens is 3. The fourth-order valence-electron chi connectivity index (χ4n) is 3.93. The zero-order chi connectivity index (χ0) is 21.1. The number of rotatable bonds is 5. The number of methoxy groups -OCH3 is 1. The van der Waals surface area contributed by atoms with Crippen molar-refractivity contribution in [2.45, 2.75) is 46.7 Å². The Morgan fingerprint density at radius 3 is 2.62 bits per heavy atom. The van der Waals surface area contributed by atoms with E-state index >= 15 is 0 Å². The molecule has 1 unspecified atom stereocenters. The molecule has 0 saturated carbocycles. The number of nitrogens with zero attached hydrogens (tertiary/aromatic N) is 5. The van der Waals surface area contributed by atoms with Gasteiger partial charge in [0.2, 0.25) is 11.8 Å². The van der Waals surface area contributed by atoms with Crippen molar-refractivity contribution in [3.05, 3.63) is 34.7 Å². The van der Waals surface area contributed by atoms with Gasteiger partial charge in [0.05, 0.1) is 12.2 Å². The van der Waals surface area contributed by atoms with Crippen LogP contribution >= 0.6 is 0 Å². The van der Waals surface area contributed by atoms with E-state index in [4.69, 9.17) is 9.26 Å². The molecule has 158 valence electrons. The van der Waals surface area contributed by atoms with Crippen LogP contribution in [0.3, 0.4) is 0 Å². The van der Waals surface area contributed by atoms with Crippen LogP contribution in [0, 0.1) is 20.8 Å². The van der Waals surface area contributed by atoms with E-state index in [1.165, 1.54) is 6.92 Å². The van der Waals surface area contributed by atoms with Crippen LogP contribution in [0.5, 0.6) is 0 Å². The van der Waals surface area contributed by atoms with Crippen LogP contribution in [-0.2, 0) is 16.1 Å². The molecule has 2 amide bonds. The van der Waals surface area contributed by atoms with Gasteiger partial charge in [-0.2, -0.15) is 4.98 Å². The van der Waals surface area contributed by atoms with Gasteiger partial charge >= 0.3 is 0 Å². The smallest absolute Gasteiger partial charge is 0.255 e. The third kappa shape index (κ3) is 4.34. The summed E-state index contributed by atoms with van der Waals surface area (Å²) in [5, 5.41) is 3.85. The molecule has 1 atom stereocenters. The van der Waals surface area contributed by atoms with Gasteiger partial charge in [0, 0.05) is 51.6 Å². The summed E-state index contributed by atoms with van der Waals surface area (Å²) in [4.78, 5) is 33.3. The van der Waals surface area contributed by atoms with E-state index in [1.807, 2.05) is 24.8 Å². The van der Waals surface area contributed by atoms with Crippen LogP contribution < -0.4 is 0 Å². The first-order chi connectivity index (χ1) is 13.8. The van der Waals surface area contributed by atoms with Crippen molar-refractivity contribution in [1.29, 1.82) is 0 Å². The van der Waals surface area contributed by atoms with Gasteiger partial charge in [0.25, 0.3) is 5.91 Å². The molecule has 0 N–H and O–H groups in total. The first-order valence-corrected chi connectivity index (χ1v) is 9.85. The van der Waals surface area contributed by atoms with Crippen molar-refractivity contribution in [2.24, 2.45) is 0 Å². The molecule has 1 aliphatic rings. The third-order valence-electron chi connectivity index (χ3n) is 5.50. The van der Waals surface area contributed by atoms with Crippen LogP contribution in [0.2, 0.25) is 0 Å². The fourth-order valence-corrected chi connectivity index (χ4v) is 3.93. The van der Waals surface area contributed by atoms with E-state index in [0.29, 0.717) is 56.5 Å². The van der Waals surface area contributed by atoms with Crippen LogP contribution in [0.1, 0.15) is 52.8 Å². The van der Waals surface area contributed by atoms with Crippen LogP contribution in [0.25, 0.3) is 0 Å². The summed E-state index contributed by atoms with van der Waals surface area (Å²) in [6.45, 7) is 9.92. The lowest BCUT2D eigenvalue weighted by Crippen LogP contribution is -2.37. The van der Waals surface area contributed by atoms with Gasteiger partial charge in [0.1, 0.15) is 6.04 Å². The molecule has 2 aromatic heterocycles. The van der Waals surface area contributed by atoms with Crippen molar-refractivity contribution in [3.8, 4) is 0 Å². The summed E-state index contributed by atoms with van der Waals surface area (Å²) in [5.74, 6) is 0.861. The molecular weight excluding hydrogens is 374 g/mol. The highest BCUT2D eigenvalue weighted by Crippen LogP contribution is 2.27. The number of carbonyl (C=O) groups is 2. The van der Waals surface area contributed by atoms with Crippen LogP contribution in [-0.4, -0.2) is 69.7 Å². The highest BCUT2D eigenvalue weighted by atomic mass is 16.5. The van der Waals surface area contributed by atoms with Crippen molar-refractivity contribution in [1.82, 2.24) is 24.5 Å². The summed E-state index contributed by atoms with van der Waals surface area (Å²) in [6.07, 6.45) is 0.551. The maximum absolute atomic E-state index is 13.3. The largest absolute Gasteiger partial charge is 0.383 e. The molecule has 0 spiro atoms. The molecule has 1 aliphatic heterocycles. The van der Waals surface area contributed by atoms with E-state index in [1.54, 1.807) is 18.9 Å². The number of ether oxygens (including phenoxy) is 1. The third-order valence-corrected chi connectivity index (χ3v) is 5.50. The summed E-state index contributed by atoms with van der Waals surface area (Å²) in [7, 11) is 1.67. The average molecular weight is 403 g/mol. The fraction of sp³-hybridized carbons (Fsp3) is 0.600. The number of amides is 2. The van der Waals surface area contributed by atoms with Crippen molar-refractivity contribution in [2.75, 3.05) is 33.4 Å². The second-order valence-electron chi connectivity index (χ2n) is 7.42. The zero-order valence-corrected chi connectivity index (χ0v) is 17.8. The molecule has 9 nitrogen and oxygen atoms in total. The van der Waals surface area contributed by atoms with E-state index in [9.17, 15) is 9.59 Å². The predicted octanol–water partition coefficient (Wildman–Crippen LogP) is 1.88. The molecule has 1 fully saturated rings. The lowest BCUT2D eigenvalue weighted by Gasteiger charge is -2.25. The van der Waals surface area contributed by atoms with E-state index in [0.717, 1.165) is 11.4 Å². The molecule has 0 aromatic carbocycles. The van der Waals surface area contributed by atoms with Gasteiger partial charge in [0.15, 0.2) is 5.82 Å². The number of hydrogen-bond donors (Lipinski definition) is 0. The Kier molecular flexibility index (Phi) is 6.36. The Hall–Kier alpha value is -2.68. The Morgan fingerprint density at radius 2 is 2.00 bits per heavy atom. The van der Waals surface area contributed by atoms with Gasteiger partial charge < -0.3 is 23.6 Å². The molecule has 0 bridgehead atoms. The van der Waals surface area contributed by atoms with Gasteiger partial charge in [-0.25, -0.2) is 0 Å². The molecular formula is C20H29N5O4. The maximum atomic E-state index is 13.3. The first kappa shape index (κ1) is 21.0. The summed E-state index contributed by atoms with van der Waals surface area (Å²) in [6, 6.07) is 1.61. The van der Waals surface area contributed by atoms with Gasteiger partial charge in [-0.3, -0.25) is 9.59 Å². The normalized spacial score (nSPS) is 17.5. The second kappa shape index (κ2) is 8.77. The van der Waals surface area contributed by atoms with Gasteiger partial charge in [-0.1, -0.05) is 5.16 Å². The summed E-state index contributed by atoms with van der Waals surface area (Å²) in [5.41, 5.74) is 2.66. The molecule has 0 radical (unpaired) electrons. The Labute approximate surface area is 170 Å². The molecule has 2 aromatic rings. The minimum absolute atomic E-state index is 0.0207. The molecule has 3 heterocycles. The Balaban J connectivity index is 1.80. The molecule has 0 aliphatic carbocycles. The Morgan fingerprint density at radius 1 is 1.24 bits per heavy atom. The summed E-state index contributed by atoms with van der Waals surface area (Å²) < 4.78 is 12.6. The summed E-state index contributed by atoms with van der Waals surface area (Å²) >= 11 is 0. The monoisotopic (exact) mass is 403 g/mol. The number of hydrogen-bond acceptors (Lipinski definition) is 6. The molecule has 1 saturated heterocycles. The number of aryl methyl sites for hydroxylation is 2. The van der Waals surface area contributed by atoms with Crippen molar-refractivity contribution in [3.63, 3.8) is 0 Å². The minimum atomic E-state index is -0.319. The molecule has 3 rings (SSSR count). The average Bonchev–Trinajstić information content (AvgIpc) is 3.13. The second-order valence-corrected chi connectivity index (χ2v) is 7.42. The highest BCUT2D eigenvalue weighted by Gasteiger charge is 2.33. The molecule has 29 heavy (non-hydrogen) atoms. The van der Waals surface area contributed by atoms with Crippen molar-refractivity contribution >= 4 is 11.8 Å². The highest BCUT2D eigenvalue weighted by molar-refractivity contribution is 5.95.